The fourth-order valence-corrected chi connectivity index (χ4v) is 3.14. The van der Waals surface area contributed by atoms with Crippen molar-refractivity contribution in [1.82, 2.24) is 20.1 Å². The number of para-hydroxylation sites is 1. The van der Waals surface area contributed by atoms with Crippen LogP contribution in [0, 0.1) is 12.8 Å². The molecule has 6 nitrogen and oxygen atoms in total. The fraction of sp³-hybridized carbons (Fsp3) is 0.250. The zero-order chi connectivity index (χ0) is 17.9. The van der Waals surface area contributed by atoms with E-state index in [1.165, 1.54) is 0 Å². The number of benzene rings is 1. The van der Waals surface area contributed by atoms with E-state index in [0.29, 0.717) is 11.6 Å². The van der Waals surface area contributed by atoms with Gasteiger partial charge in [-0.2, -0.15) is 5.10 Å². The Morgan fingerprint density at radius 2 is 1.88 bits per heavy atom. The number of rotatable bonds is 5. The third kappa shape index (κ3) is 3.44. The highest BCUT2D eigenvalue weighted by Crippen LogP contribution is 2.40. The highest BCUT2D eigenvalue weighted by Gasteiger charge is 2.33. The van der Waals surface area contributed by atoms with E-state index in [1.54, 1.807) is 18.6 Å². The number of carbonyl (C=O) groups is 1. The molecule has 3 aromatic rings. The lowest BCUT2D eigenvalue weighted by Crippen LogP contribution is -2.33. The van der Waals surface area contributed by atoms with E-state index in [9.17, 15) is 4.79 Å². The lowest BCUT2D eigenvalue weighted by molar-refractivity contribution is 0.247. The zero-order valence-electron chi connectivity index (χ0n) is 14.6. The minimum Gasteiger partial charge on any atom is -0.331 e. The van der Waals surface area contributed by atoms with Gasteiger partial charge in [0.1, 0.15) is 0 Å². The maximum atomic E-state index is 12.6. The van der Waals surface area contributed by atoms with Crippen molar-refractivity contribution < 1.29 is 4.79 Å². The van der Waals surface area contributed by atoms with Gasteiger partial charge in [-0.15, -0.1) is 0 Å². The van der Waals surface area contributed by atoms with E-state index in [-0.39, 0.29) is 12.1 Å². The van der Waals surface area contributed by atoms with E-state index >= 15 is 0 Å². The van der Waals surface area contributed by atoms with Gasteiger partial charge < -0.3 is 10.6 Å². The van der Waals surface area contributed by atoms with Gasteiger partial charge in [0.15, 0.2) is 0 Å². The van der Waals surface area contributed by atoms with Gasteiger partial charge in [0, 0.05) is 12.4 Å². The van der Waals surface area contributed by atoms with Gasteiger partial charge in [-0.1, -0.05) is 18.2 Å². The van der Waals surface area contributed by atoms with Gasteiger partial charge in [-0.25, -0.2) is 9.48 Å². The standard InChI is InChI=1S/C20H21N5O/c1-14-18(13-22-25(14)17-5-3-2-4-6-17)23-20(26)24-19(15-7-8-15)16-9-11-21-12-10-16/h2-6,9-13,15,19H,7-8H2,1H3,(H2,23,24,26). The molecule has 0 saturated heterocycles. The van der Waals surface area contributed by atoms with E-state index < -0.39 is 0 Å². The third-order valence-electron chi connectivity index (χ3n) is 4.70. The minimum atomic E-state index is -0.213. The molecule has 2 heterocycles. The highest BCUT2D eigenvalue weighted by atomic mass is 16.2. The summed E-state index contributed by atoms with van der Waals surface area (Å²) in [6.45, 7) is 1.94. The molecule has 4 rings (SSSR count). The Hall–Kier alpha value is -3.15. The van der Waals surface area contributed by atoms with Gasteiger partial charge in [0.05, 0.1) is 29.3 Å². The molecule has 1 aromatic carbocycles. The predicted molar refractivity (Wildman–Crippen MR) is 100 cm³/mol. The van der Waals surface area contributed by atoms with Crippen molar-refractivity contribution in [2.75, 3.05) is 5.32 Å². The van der Waals surface area contributed by atoms with Crippen molar-refractivity contribution in [3.05, 3.63) is 72.3 Å². The van der Waals surface area contributed by atoms with Crippen LogP contribution in [0.3, 0.4) is 0 Å². The molecule has 26 heavy (non-hydrogen) atoms. The summed E-state index contributed by atoms with van der Waals surface area (Å²) in [5.41, 5.74) is 3.65. The smallest absolute Gasteiger partial charge is 0.319 e. The number of amides is 2. The first kappa shape index (κ1) is 16.3. The largest absolute Gasteiger partial charge is 0.331 e. The number of nitrogens with zero attached hydrogens (tertiary/aromatic N) is 3. The Labute approximate surface area is 152 Å². The molecule has 132 valence electrons. The number of carbonyl (C=O) groups excluding carboxylic acids is 1. The quantitative estimate of drug-likeness (QED) is 0.736. The fourth-order valence-electron chi connectivity index (χ4n) is 3.14. The van der Waals surface area contributed by atoms with Crippen molar-refractivity contribution in [2.24, 2.45) is 5.92 Å². The van der Waals surface area contributed by atoms with Crippen molar-refractivity contribution in [2.45, 2.75) is 25.8 Å². The van der Waals surface area contributed by atoms with Crippen LogP contribution in [0.25, 0.3) is 5.69 Å². The van der Waals surface area contributed by atoms with Crippen LogP contribution in [0.4, 0.5) is 10.5 Å². The SMILES string of the molecule is Cc1c(NC(=O)NC(c2ccncc2)C2CC2)cnn1-c1ccccc1. The van der Waals surface area contributed by atoms with Crippen molar-refractivity contribution in [3.63, 3.8) is 0 Å². The molecule has 1 aliphatic rings. The van der Waals surface area contributed by atoms with Crippen LogP contribution in [0.1, 0.15) is 30.1 Å². The number of pyridine rings is 1. The molecule has 0 bridgehead atoms. The summed E-state index contributed by atoms with van der Waals surface area (Å²) >= 11 is 0. The molecule has 0 radical (unpaired) electrons. The van der Waals surface area contributed by atoms with Gasteiger partial charge >= 0.3 is 6.03 Å². The van der Waals surface area contributed by atoms with Crippen LogP contribution < -0.4 is 10.6 Å². The molecule has 1 aliphatic carbocycles. The van der Waals surface area contributed by atoms with Crippen LogP contribution >= 0.6 is 0 Å². The Balaban J connectivity index is 1.47. The van der Waals surface area contributed by atoms with Crippen molar-refractivity contribution in [1.29, 1.82) is 0 Å². The molecular weight excluding hydrogens is 326 g/mol. The lowest BCUT2D eigenvalue weighted by atomic mass is 10.0. The number of hydrogen-bond acceptors (Lipinski definition) is 3. The first-order chi connectivity index (χ1) is 12.7. The highest BCUT2D eigenvalue weighted by molar-refractivity contribution is 5.90. The van der Waals surface area contributed by atoms with Gasteiger partial charge in [-0.3, -0.25) is 4.98 Å². The number of hydrogen-bond donors (Lipinski definition) is 2. The Morgan fingerprint density at radius 3 is 2.58 bits per heavy atom. The molecule has 2 amide bonds. The van der Waals surface area contributed by atoms with Crippen molar-refractivity contribution in [3.8, 4) is 5.69 Å². The van der Waals surface area contributed by atoms with E-state index in [1.807, 2.05) is 54.1 Å². The van der Waals surface area contributed by atoms with Crippen LogP contribution in [0.2, 0.25) is 0 Å². The molecule has 2 aromatic heterocycles. The number of nitrogens with one attached hydrogen (secondary N) is 2. The normalized spacial score (nSPS) is 14.7. The number of anilines is 1. The second-order valence-electron chi connectivity index (χ2n) is 6.59. The second-order valence-corrected chi connectivity index (χ2v) is 6.59. The predicted octanol–water partition coefficient (Wildman–Crippen LogP) is 3.85. The van der Waals surface area contributed by atoms with Crippen LogP contribution in [-0.2, 0) is 0 Å². The first-order valence-corrected chi connectivity index (χ1v) is 8.80. The summed E-state index contributed by atoms with van der Waals surface area (Å²) in [5, 5.41) is 10.4. The molecule has 1 atom stereocenters. The topological polar surface area (TPSA) is 71.8 Å². The Bertz CT molecular complexity index is 887. The maximum Gasteiger partial charge on any atom is 0.319 e. The molecule has 1 fully saturated rings. The summed E-state index contributed by atoms with van der Waals surface area (Å²) < 4.78 is 1.82. The van der Waals surface area contributed by atoms with Gasteiger partial charge in [-0.05, 0) is 55.5 Å². The molecule has 1 unspecified atom stereocenters. The second kappa shape index (κ2) is 7.00. The zero-order valence-corrected chi connectivity index (χ0v) is 14.6. The third-order valence-corrected chi connectivity index (χ3v) is 4.70. The molecule has 0 spiro atoms. The molecule has 0 aliphatic heterocycles. The van der Waals surface area contributed by atoms with Crippen LogP contribution in [-0.4, -0.2) is 20.8 Å². The minimum absolute atomic E-state index is 0.0162. The van der Waals surface area contributed by atoms with Crippen LogP contribution in [0.5, 0.6) is 0 Å². The van der Waals surface area contributed by atoms with Gasteiger partial charge in [0.25, 0.3) is 0 Å². The first-order valence-electron chi connectivity index (χ1n) is 8.80. The number of aromatic nitrogens is 3. The summed E-state index contributed by atoms with van der Waals surface area (Å²) in [6.07, 6.45) is 7.48. The molecular formula is C20H21N5O. The molecule has 2 N–H and O–H groups in total. The van der Waals surface area contributed by atoms with E-state index in [4.69, 9.17) is 0 Å². The summed E-state index contributed by atoms with van der Waals surface area (Å²) in [4.78, 5) is 16.6. The van der Waals surface area contributed by atoms with E-state index in [2.05, 4.69) is 20.7 Å². The lowest BCUT2D eigenvalue weighted by Gasteiger charge is -2.19. The Morgan fingerprint density at radius 1 is 1.15 bits per heavy atom. The molecule has 6 heteroatoms. The van der Waals surface area contributed by atoms with Crippen molar-refractivity contribution >= 4 is 11.7 Å². The monoisotopic (exact) mass is 347 g/mol. The van der Waals surface area contributed by atoms with Gasteiger partial charge in [0.2, 0.25) is 0 Å². The summed E-state index contributed by atoms with van der Waals surface area (Å²) in [7, 11) is 0. The Kier molecular flexibility index (Phi) is 4.39. The summed E-state index contributed by atoms with van der Waals surface area (Å²) in [5.74, 6) is 0.497. The number of urea groups is 1. The summed E-state index contributed by atoms with van der Waals surface area (Å²) in [6, 6.07) is 13.6. The maximum absolute atomic E-state index is 12.6. The van der Waals surface area contributed by atoms with E-state index in [0.717, 1.165) is 29.8 Å². The molecule has 1 saturated carbocycles. The average Bonchev–Trinajstić information content (AvgIpc) is 3.46. The van der Waals surface area contributed by atoms with Crippen LogP contribution in [0.15, 0.2) is 61.1 Å². The average molecular weight is 347 g/mol.